The molecule has 0 radical (unpaired) electrons. The molecule has 26 heavy (non-hydrogen) atoms. The van der Waals surface area contributed by atoms with E-state index in [-0.39, 0.29) is 11.9 Å². The van der Waals surface area contributed by atoms with Crippen molar-refractivity contribution in [3.63, 3.8) is 0 Å². The molecule has 1 aliphatic heterocycles. The van der Waals surface area contributed by atoms with Gasteiger partial charge in [-0.15, -0.1) is 0 Å². The normalized spacial score (nSPS) is 18.0. The van der Waals surface area contributed by atoms with Gasteiger partial charge in [0, 0.05) is 6.04 Å². The Hall–Kier alpha value is -2.13. The summed E-state index contributed by atoms with van der Waals surface area (Å²) >= 11 is 0. The minimum absolute atomic E-state index is 0.153. The summed E-state index contributed by atoms with van der Waals surface area (Å²) in [6.45, 7) is 1.69. The van der Waals surface area contributed by atoms with Crippen LogP contribution >= 0.6 is 0 Å². The van der Waals surface area contributed by atoms with Crippen LogP contribution in [0, 0.1) is 0 Å². The largest absolute Gasteiger partial charge is 0.465 e. The summed E-state index contributed by atoms with van der Waals surface area (Å²) in [6.07, 6.45) is 5.92. The third-order valence-corrected chi connectivity index (χ3v) is 5.35. The summed E-state index contributed by atoms with van der Waals surface area (Å²) in [5.41, 5.74) is 1.96. The molecule has 3 nitrogen and oxygen atoms in total. The molecule has 0 saturated carbocycles. The maximum atomic E-state index is 12.8. The summed E-state index contributed by atoms with van der Waals surface area (Å²) < 4.78 is 5.68. The van der Waals surface area contributed by atoms with Crippen LogP contribution in [0.15, 0.2) is 60.7 Å². The topological polar surface area (TPSA) is 29.5 Å². The molecule has 1 aliphatic rings. The standard InChI is InChI=1S/C23H29NO2/c1-24-17-9-8-15-21(24)16-10-18-26-23(25)22(19-11-4-2-5-12-19)20-13-6-3-7-14-20/h2-7,11-14,21-22H,8-10,15-18H2,1H3. The highest BCUT2D eigenvalue weighted by Gasteiger charge is 2.24. The van der Waals surface area contributed by atoms with Crippen molar-refractivity contribution in [2.24, 2.45) is 0 Å². The Morgan fingerprint density at radius 2 is 1.65 bits per heavy atom. The minimum Gasteiger partial charge on any atom is -0.465 e. The van der Waals surface area contributed by atoms with Crippen molar-refractivity contribution >= 4 is 5.97 Å². The monoisotopic (exact) mass is 351 g/mol. The van der Waals surface area contributed by atoms with Crippen LogP contribution in [0.5, 0.6) is 0 Å². The Morgan fingerprint density at radius 1 is 1.04 bits per heavy atom. The predicted molar refractivity (Wildman–Crippen MR) is 105 cm³/mol. The highest BCUT2D eigenvalue weighted by atomic mass is 16.5. The maximum Gasteiger partial charge on any atom is 0.317 e. The fourth-order valence-corrected chi connectivity index (χ4v) is 3.84. The summed E-state index contributed by atoms with van der Waals surface area (Å²) in [7, 11) is 2.21. The van der Waals surface area contributed by atoms with Gasteiger partial charge in [-0.3, -0.25) is 4.79 Å². The van der Waals surface area contributed by atoms with Crippen LogP contribution in [-0.4, -0.2) is 37.1 Å². The zero-order chi connectivity index (χ0) is 18.2. The predicted octanol–water partition coefficient (Wildman–Crippen LogP) is 4.63. The van der Waals surface area contributed by atoms with Crippen LogP contribution in [-0.2, 0) is 9.53 Å². The van der Waals surface area contributed by atoms with Crippen LogP contribution in [0.1, 0.15) is 49.1 Å². The zero-order valence-corrected chi connectivity index (χ0v) is 15.6. The molecule has 1 saturated heterocycles. The molecule has 1 fully saturated rings. The first kappa shape index (κ1) is 18.7. The van der Waals surface area contributed by atoms with Gasteiger partial charge in [0.1, 0.15) is 5.92 Å². The first-order valence-electron chi connectivity index (χ1n) is 9.72. The quantitative estimate of drug-likeness (QED) is 0.538. The van der Waals surface area contributed by atoms with Gasteiger partial charge in [-0.25, -0.2) is 0 Å². The third-order valence-electron chi connectivity index (χ3n) is 5.35. The van der Waals surface area contributed by atoms with Gasteiger partial charge < -0.3 is 9.64 Å². The summed E-state index contributed by atoms with van der Waals surface area (Å²) in [4.78, 5) is 15.3. The smallest absolute Gasteiger partial charge is 0.317 e. The highest BCUT2D eigenvalue weighted by molar-refractivity contribution is 5.82. The van der Waals surface area contributed by atoms with E-state index in [0.717, 1.165) is 24.0 Å². The van der Waals surface area contributed by atoms with Gasteiger partial charge in [-0.1, -0.05) is 67.1 Å². The second kappa shape index (κ2) is 9.54. The molecule has 0 aliphatic carbocycles. The molecule has 2 aromatic carbocycles. The van der Waals surface area contributed by atoms with Crippen LogP contribution in [0.3, 0.4) is 0 Å². The zero-order valence-electron chi connectivity index (χ0n) is 15.6. The molecular weight excluding hydrogens is 322 g/mol. The van der Waals surface area contributed by atoms with Gasteiger partial charge in [-0.2, -0.15) is 0 Å². The lowest BCUT2D eigenvalue weighted by molar-refractivity contribution is -0.144. The number of likely N-dealkylation sites (tertiary alicyclic amines) is 1. The Kier molecular flexibility index (Phi) is 6.84. The molecule has 138 valence electrons. The highest BCUT2D eigenvalue weighted by Crippen LogP contribution is 2.26. The number of hydrogen-bond acceptors (Lipinski definition) is 3. The third kappa shape index (κ3) is 4.95. The Labute approximate surface area is 157 Å². The van der Waals surface area contributed by atoms with Crippen molar-refractivity contribution < 1.29 is 9.53 Å². The van der Waals surface area contributed by atoms with Crippen molar-refractivity contribution in [1.82, 2.24) is 4.90 Å². The van der Waals surface area contributed by atoms with E-state index >= 15 is 0 Å². The van der Waals surface area contributed by atoms with Crippen LogP contribution in [0.25, 0.3) is 0 Å². The SMILES string of the molecule is CN1CCCCC1CCCOC(=O)C(c1ccccc1)c1ccccc1. The summed E-state index contributed by atoms with van der Waals surface area (Å²) in [6, 6.07) is 20.4. The fraction of sp³-hybridized carbons (Fsp3) is 0.435. The van der Waals surface area contributed by atoms with Gasteiger partial charge in [0.2, 0.25) is 0 Å². The van der Waals surface area contributed by atoms with E-state index in [1.54, 1.807) is 0 Å². The van der Waals surface area contributed by atoms with E-state index < -0.39 is 0 Å². The number of ether oxygens (including phenoxy) is 1. The molecule has 3 rings (SSSR count). The lowest BCUT2D eigenvalue weighted by atomic mass is 9.91. The fourth-order valence-electron chi connectivity index (χ4n) is 3.84. The van der Waals surface area contributed by atoms with E-state index in [1.807, 2.05) is 60.7 Å². The van der Waals surface area contributed by atoms with Crippen molar-refractivity contribution in [2.45, 2.75) is 44.1 Å². The number of piperidine rings is 1. The van der Waals surface area contributed by atoms with Crippen molar-refractivity contribution in [1.29, 1.82) is 0 Å². The van der Waals surface area contributed by atoms with Crippen LogP contribution < -0.4 is 0 Å². The van der Waals surface area contributed by atoms with Crippen molar-refractivity contribution in [2.75, 3.05) is 20.2 Å². The molecule has 1 unspecified atom stereocenters. The minimum atomic E-state index is -0.352. The second-order valence-electron chi connectivity index (χ2n) is 7.19. The number of benzene rings is 2. The number of carbonyl (C=O) groups is 1. The first-order valence-corrected chi connectivity index (χ1v) is 9.72. The van der Waals surface area contributed by atoms with Gasteiger partial charge in [0.25, 0.3) is 0 Å². The number of rotatable bonds is 7. The number of nitrogens with zero attached hydrogens (tertiary/aromatic N) is 1. The van der Waals surface area contributed by atoms with E-state index in [9.17, 15) is 4.79 Å². The van der Waals surface area contributed by atoms with Gasteiger partial charge >= 0.3 is 5.97 Å². The Bertz CT molecular complexity index is 632. The maximum absolute atomic E-state index is 12.8. The molecule has 2 aromatic rings. The lowest BCUT2D eigenvalue weighted by Crippen LogP contribution is -2.36. The Morgan fingerprint density at radius 3 is 2.23 bits per heavy atom. The van der Waals surface area contributed by atoms with Crippen LogP contribution in [0.2, 0.25) is 0 Å². The number of hydrogen-bond donors (Lipinski definition) is 0. The molecule has 1 atom stereocenters. The molecule has 0 bridgehead atoms. The first-order chi connectivity index (χ1) is 12.8. The molecule has 0 N–H and O–H groups in total. The van der Waals surface area contributed by atoms with Gasteiger partial charge in [0.05, 0.1) is 6.61 Å². The van der Waals surface area contributed by atoms with Crippen molar-refractivity contribution in [3.05, 3.63) is 71.8 Å². The Balaban J connectivity index is 1.58. The lowest BCUT2D eigenvalue weighted by Gasteiger charge is -2.32. The van der Waals surface area contributed by atoms with Gasteiger partial charge in [-0.05, 0) is 50.4 Å². The van der Waals surface area contributed by atoms with Crippen molar-refractivity contribution in [3.8, 4) is 0 Å². The molecule has 1 heterocycles. The number of esters is 1. The van der Waals surface area contributed by atoms with E-state index in [4.69, 9.17) is 4.74 Å². The summed E-state index contributed by atoms with van der Waals surface area (Å²) in [5, 5.41) is 0. The molecule has 0 spiro atoms. The number of carbonyl (C=O) groups excluding carboxylic acids is 1. The van der Waals surface area contributed by atoms with E-state index in [1.165, 1.54) is 25.8 Å². The van der Waals surface area contributed by atoms with Crippen LogP contribution in [0.4, 0.5) is 0 Å². The summed E-state index contributed by atoms with van der Waals surface area (Å²) in [5.74, 6) is -0.505. The second-order valence-corrected chi connectivity index (χ2v) is 7.19. The molecular formula is C23H29NO2. The van der Waals surface area contributed by atoms with E-state index in [2.05, 4.69) is 11.9 Å². The van der Waals surface area contributed by atoms with E-state index in [0.29, 0.717) is 12.6 Å². The average Bonchev–Trinajstić information content (AvgIpc) is 2.68. The molecule has 0 aromatic heterocycles. The molecule has 0 amide bonds. The van der Waals surface area contributed by atoms with Gasteiger partial charge in [0.15, 0.2) is 0 Å². The molecule has 3 heteroatoms. The average molecular weight is 351 g/mol.